The first-order valence-corrected chi connectivity index (χ1v) is 10.9. The van der Waals surface area contributed by atoms with Crippen LogP contribution >= 0.6 is 11.3 Å². The van der Waals surface area contributed by atoms with Crippen molar-refractivity contribution in [2.24, 2.45) is 0 Å². The highest BCUT2D eigenvalue weighted by Gasteiger charge is 2.33. The third-order valence-electron chi connectivity index (χ3n) is 5.22. The number of hydrogen-bond donors (Lipinski definition) is 0. The maximum absolute atomic E-state index is 13.3. The number of likely N-dealkylation sites (tertiary alicyclic amines) is 1. The van der Waals surface area contributed by atoms with E-state index < -0.39 is 0 Å². The monoisotopic (exact) mass is 401 g/mol. The number of benzene rings is 1. The van der Waals surface area contributed by atoms with E-state index in [4.69, 9.17) is 9.72 Å². The molecule has 1 aromatic heterocycles. The summed E-state index contributed by atoms with van der Waals surface area (Å²) in [6.45, 7) is 10.3. The molecule has 152 valence electrons. The lowest BCUT2D eigenvalue weighted by Crippen LogP contribution is -2.46. The predicted molar refractivity (Wildman–Crippen MR) is 116 cm³/mol. The number of hydrogen-bond acceptors (Lipinski definition) is 5. The van der Waals surface area contributed by atoms with E-state index in [0.29, 0.717) is 0 Å². The third kappa shape index (κ3) is 4.32. The molecule has 1 saturated heterocycles. The number of carbonyl (C=O) groups is 1. The zero-order valence-electron chi connectivity index (χ0n) is 17.6. The molecular weight excluding hydrogens is 370 g/mol. The summed E-state index contributed by atoms with van der Waals surface area (Å²) in [6.07, 6.45) is 2.91. The van der Waals surface area contributed by atoms with E-state index in [2.05, 4.69) is 38.0 Å². The molecule has 1 fully saturated rings. The van der Waals surface area contributed by atoms with Gasteiger partial charge in [-0.05, 0) is 43.5 Å². The molecule has 0 aliphatic carbocycles. The number of anilines is 2. The highest BCUT2D eigenvalue weighted by atomic mass is 32.1. The van der Waals surface area contributed by atoms with E-state index in [-0.39, 0.29) is 17.4 Å². The van der Waals surface area contributed by atoms with E-state index in [0.717, 1.165) is 54.6 Å². The molecule has 0 bridgehead atoms. The molecule has 3 rings (SSSR count). The molecule has 2 heterocycles. The SMILES string of the molecule is CC[C@@H](C(=O)N1CCCC1)N(c1ccc(OC)cc1)c1nc(C(C)(C)C)cs1. The molecule has 1 aliphatic heterocycles. The summed E-state index contributed by atoms with van der Waals surface area (Å²) in [5.74, 6) is 1.00. The Morgan fingerprint density at radius 2 is 1.89 bits per heavy atom. The number of aromatic nitrogens is 1. The standard InChI is InChI=1S/C22H31N3O2S/c1-6-18(20(26)24-13-7-8-14-24)25(16-9-11-17(27-5)12-10-16)21-23-19(15-28-21)22(2,3)4/h9-12,15,18H,6-8,13-14H2,1-5H3/t18-/m0/s1. The van der Waals surface area contributed by atoms with Crippen LogP contribution in [0.3, 0.4) is 0 Å². The van der Waals surface area contributed by atoms with E-state index in [1.165, 1.54) is 0 Å². The van der Waals surface area contributed by atoms with Crippen LogP contribution < -0.4 is 9.64 Å². The fourth-order valence-electron chi connectivity index (χ4n) is 3.50. The Balaban J connectivity index is 2.01. The molecule has 28 heavy (non-hydrogen) atoms. The van der Waals surface area contributed by atoms with Gasteiger partial charge in [0.1, 0.15) is 11.8 Å². The zero-order valence-corrected chi connectivity index (χ0v) is 18.4. The minimum atomic E-state index is -0.259. The van der Waals surface area contributed by atoms with Crippen molar-refractivity contribution in [2.45, 2.75) is 58.4 Å². The minimum absolute atomic E-state index is 0.0268. The first-order valence-electron chi connectivity index (χ1n) is 10.0. The second-order valence-corrected chi connectivity index (χ2v) is 9.13. The van der Waals surface area contributed by atoms with Gasteiger partial charge in [0.25, 0.3) is 0 Å². The highest BCUT2D eigenvalue weighted by molar-refractivity contribution is 7.13. The quantitative estimate of drug-likeness (QED) is 0.684. The lowest BCUT2D eigenvalue weighted by Gasteiger charge is -2.33. The van der Waals surface area contributed by atoms with Crippen molar-refractivity contribution in [1.29, 1.82) is 0 Å². The van der Waals surface area contributed by atoms with Crippen LogP contribution in [0.4, 0.5) is 10.8 Å². The Morgan fingerprint density at radius 3 is 2.39 bits per heavy atom. The summed E-state index contributed by atoms with van der Waals surface area (Å²) in [6, 6.07) is 7.64. The van der Waals surface area contributed by atoms with Gasteiger partial charge in [-0.1, -0.05) is 27.7 Å². The highest BCUT2D eigenvalue weighted by Crippen LogP contribution is 2.36. The minimum Gasteiger partial charge on any atom is -0.497 e. The first kappa shape index (κ1) is 20.6. The molecule has 1 aromatic carbocycles. The fourth-order valence-corrected chi connectivity index (χ4v) is 4.62. The molecule has 0 N–H and O–H groups in total. The van der Waals surface area contributed by atoms with Crippen LogP contribution in [0.25, 0.3) is 0 Å². The second-order valence-electron chi connectivity index (χ2n) is 8.29. The Labute approximate surface area is 172 Å². The van der Waals surface area contributed by atoms with Crippen molar-refractivity contribution in [1.82, 2.24) is 9.88 Å². The van der Waals surface area contributed by atoms with Gasteiger partial charge in [-0.15, -0.1) is 11.3 Å². The van der Waals surface area contributed by atoms with E-state index in [1.54, 1.807) is 18.4 Å². The van der Waals surface area contributed by atoms with Crippen LogP contribution in [-0.2, 0) is 10.2 Å². The van der Waals surface area contributed by atoms with Gasteiger partial charge < -0.3 is 14.5 Å². The van der Waals surface area contributed by atoms with Crippen LogP contribution in [0.2, 0.25) is 0 Å². The average Bonchev–Trinajstić information content (AvgIpc) is 3.37. The van der Waals surface area contributed by atoms with E-state index >= 15 is 0 Å². The molecule has 1 aliphatic rings. The van der Waals surface area contributed by atoms with Crippen LogP contribution in [0.15, 0.2) is 29.6 Å². The number of methoxy groups -OCH3 is 1. The molecule has 0 radical (unpaired) electrons. The van der Waals surface area contributed by atoms with Gasteiger partial charge in [-0.3, -0.25) is 4.79 Å². The van der Waals surface area contributed by atoms with Crippen molar-refractivity contribution in [2.75, 3.05) is 25.1 Å². The van der Waals surface area contributed by atoms with Gasteiger partial charge in [0, 0.05) is 29.6 Å². The van der Waals surface area contributed by atoms with Crippen LogP contribution in [0.1, 0.15) is 52.7 Å². The van der Waals surface area contributed by atoms with Crippen molar-refractivity contribution in [3.8, 4) is 5.75 Å². The van der Waals surface area contributed by atoms with Crippen LogP contribution in [-0.4, -0.2) is 42.0 Å². The molecule has 0 unspecified atom stereocenters. The smallest absolute Gasteiger partial charge is 0.245 e. The lowest BCUT2D eigenvalue weighted by atomic mass is 9.93. The van der Waals surface area contributed by atoms with Gasteiger partial charge in [-0.25, -0.2) is 4.98 Å². The molecule has 2 aromatic rings. The predicted octanol–water partition coefficient (Wildman–Crippen LogP) is 4.99. The van der Waals surface area contributed by atoms with Gasteiger partial charge in [-0.2, -0.15) is 0 Å². The molecule has 0 saturated carbocycles. The molecule has 5 nitrogen and oxygen atoms in total. The Kier molecular flexibility index (Phi) is 6.28. The van der Waals surface area contributed by atoms with E-state index in [9.17, 15) is 4.79 Å². The summed E-state index contributed by atoms with van der Waals surface area (Å²) < 4.78 is 5.31. The number of carbonyl (C=O) groups excluding carboxylic acids is 1. The number of nitrogens with zero attached hydrogens (tertiary/aromatic N) is 3. The first-order chi connectivity index (χ1) is 13.3. The fraction of sp³-hybridized carbons (Fsp3) is 0.545. The summed E-state index contributed by atoms with van der Waals surface area (Å²) >= 11 is 1.61. The van der Waals surface area contributed by atoms with Crippen molar-refractivity contribution in [3.05, 3.63) is 35.3 Å². The number of rotatable bonds is 6. The summed E-state index contributed by atoms with van der Waals surface area (Å²) in [5, 5.41) is 2.98. The van der Waals surface area contributed by atoms with Gasteiger partial charge in [0.15, 0.2) is 5.13 Å². The molecule has 6 heteroatoms. The van der Waals surface area contributed by atoms with Crippen LogP contribution in [0, 0.1) is 0 Å². The third-order valence-corrected chi connectivity index (χ3v) is 6.06. The van der Waals surface area contributed by atoms with Gasteiger partial charge >= 0.3 is 0 Å². The molecule has 1 amide bonds. The Hall–Kier alpha value is -2.08. The Bertz CT molecular complexity index is 789. The lowest BCUT2D eigenvalue weighted by molar-refractivity contribution is -0.131. The second kappa shape index (κ2) is 8.52. The van der Waals surface area contributed by atoms with E-state index in [1.807, 2.05) is 29.2 Å². The van der Waals surface area contributed by atoms with Crippen LogP contribution in [0.5, 0.6) is 5.75 Å². The number of ether oxygens (including phenoxy) is 1. The number of amides is 1. The molecule has 1 atom stereocenters. The van der Waals surface area contributed by atoms with Crippen molar-refractivity contribution < 1.29 is 9.53 Å². The summed E-state index contributed by atoms with van der Waals surface area (Å²) in [5.41, 5.74) is 1.99. The van der Waals surface area contributed by atoms with Crippen molar-refractivity contribution >= 4 is 28.1 Å². The van der Waals surface area contributed by atoms with Gasteiger partial charge in [0.2, 0.25) is 5.91 Å². The normalized spacial score (nSPS) is 15.5. The zero-order chi connectivity index (χ0) is 20.3. The molecular formula is C22H31N3O2S. The molecule has 0 spiro atoms. The van der Waals surface area contributed by atoms with Crippen molar-refractivity contribution in [3.63, 3.8) is 0 Å². The average molecular weight is 402 g/mol. The summed E-state index contributed by atoms with van der Waals surface area (Å²) in [4.78, 5) is 22.4. The van der Waals surface area contributed by atoms with Gasteiger partial charge in [0.05, 0.1) is 12.8 Å². The summed E-state index contributed by atoms with van der Waals surface area (Å²) in [7, 11) is 1.66. The largest absolute Gasteiger partial charge is 0.497 e. The topological polar surface area (TPSA) is 45.7 Å². The maximum atomic E-state index is 13.3. The maximum Gasteiger partial charge on any atom is 0.245 e. The number of thiazole rings is 1. The Morgan fingerprint density at radius 1 is 1.25 bits per heavy atom.